The van der Waals surface area contributed by atoms with Crippen LogP contribution in [0.4, 0.5) is 10.5 Å². The lowest BCUT2D eigenvalue weighted by molar-refractivity contribution is -0.124. The molecule has 2 amide bonds. The number of rotatable bonds is 5. The van der Waals surface area contributed by atoms with Crippen LogP contribution in [-0.2, 0) is 17.6 Å². The van der Waals surface area contributed by atoms with Crippen LogP contribution >= 0.6 is 0 Å². The first kappa shape index (κ1) is 22.5. The zero-order chi connectivity index (χ0) is 23.6. The molecule has 0 spiro atoms. The highest BCUT2D eigenvalue weighted by Gasteiger charge is 2.41. The second kappa shape index (κ2) is 9.06. The first-order valence-electron chi connectivity index (χ1n) is 11.2. The lowest BCUT2D eigenvalue weighted by atomic mass is 9.97. The van der Waals surface area contributed by atoms with Gasteiger partial charge >= 0.3 is 6.09 Å². The Hall–Kier alpha value is -3.67. The first-order valence-corrected chi connectivity index (χ1v) is 11.2. The molecule has 170 valence electrons. The lowest BCUT2D eigenvalue weighted by Crippen LogP contribution is -2.58. The third-order valence-corrected chi connectivity index (χ3v) is 6.05. The average molecular weight is 444 g/mol. The van der Waals surface area contributed by atoms with Crippen molar-refractivity contribution in [3.63, 3.8) is 0 Å². The molecule has 0 radical (unpaired) electrons. The lowest BCUT2D eigenvalue weighted by Gasteiger charge is -2.40. The number of nitrogens with zero attached hydrogens (tertiary/aromatic N) is 3. The smallest absolute Gasteiger partial charge is 0.408 e. The van der Waals surface area contributed by atoms with Crippen LogP contribution in [0.5, 0.6) is 0 Å². The number of carboxylic acid groups (broad SMARTS) is 1. The van der Waals surface area contributed by atoms with E-state index in [9.17, 15) is 14.7 Å². The zero-order valence-electron chi connectivity index (χ0n) is 19.2. The molecule has 4 rings (SSSR count). The maximum Gasteiger partial charge on any atom is 0.408 e. The summed E-state index contributed by atoms with van der Waals surface area (Å²) in [6, 6.07) is 18.8. The van der Waals surface area contributed by atoms with Crippen molar-refractivity contribution in [2.24, 2.45) is 0 Å². The summed E-state index contributed by atoms with van der Waals surface area (Å²) in [7, 11) is 0. The summed E-state index contributed by atoms with van der Waals surface area (Å²) in [5.74, 6) is -0.188. The highest BCUT2D eigenvalue weighted by molar-refractivity contribution is 6.00. The van der Waals surface area contributed by atoms with Crippen LogP contribution in [0.3, 0.4) is 0 Å². The van der Waals surface area contributed by atoms with Gasteiger partial charge in [0, 0.05) is 36.6 Å². The van der Waals surface area contributed by atoms with Crippen LogP contribution in [0.1, 0.15) is 31.9 Å². The molecule has 1 aromatic heterocycles. The predicted octanol–water partition coefficient (Wildman–Crippen LogP) is 5.03. The number of carbonyl (C=O) groups excluding carboxylic acids is 1. The molecule has 0 saturated heterocycles. The molecule has 1 aliphatic heterocycles. The van der Waals surface area contributed by atoms with Crippen molar-refractivity contribution in [2.75, 3.05) is 11.4 Å². The van der Waals surface area contributed by atoms with E-state index in [-0.39, 0.29) is 5.91 Å². The minimum atomic E-state index is -1.09. The number of hydrogen-bond acceptors (Lipinski definition) is 3. The minimum absolute atomic E-state index is 0.188. The van der Waals surface area contributed by atoms with Crippen LogP contribution in [0.2, 0.25) is 0 Å². The topological polar surface area (TPSA) is 73.7 Å². The number of benzene rings is 2. The van der Waals surface area contributed by atoms with Crippen molar-refractivity contribution < 1.29 is 14.7 Å². The summed E-state index contributed by atoms with van der Waals surface area (Å²) in [6.07, 6.45) is 3.49. The number of aromatic nitrogens is 1. The summed E-state index contributed by atoms with van der Waals surface area (Å²) in [5, 5.41) is 10.1. The predicted molar refractivity (Wildman–Crippen MR) is 129 cm³/mol. The molecule has 1 N–H and O–H groups in total. The molecule has 0 aliphatic carbocycles. The molecule has 6 nitrogen and oxygen atoms in total. The Kier molecular flexibility index (Phi) is 6.18. The SMILES string of the molecule is CC(C)(C)N(C(=O)O)[C@H](Cc1ccccc1)C(=O)N1CCc2cc(-c3ccncc3)ccc21. The fourth-order valence-corrected chi connectivity index (χ4v) is 4.55. The summed E-state index contributed by atoms with van der Waals surface area (Å²) < 4.78 is 0. The Morgan fingerprint density at radius 2 is 1.73 bits per heavy atom. The maximum absolute atomic E-state index is 13.9. The second-order valence-corrected chi connectivity index (χ2v) is 9.35. The number of pyridine rings is 1. The van der Waals surface area contributed by atoms with E-state index >= 15 is 0 Å². The molecule has 0 bridgehead atoms. The number of fused-ring (bicyclic) bond motifs is 1. The normalized spacial score (nSPS) is 14.0. The molecule has 2 aromatic carbocycles. The second-order valence-electron chi connectivity index (χ2n) is 9.35. The van der Waals surface area contributed by atoms with Crippen molar-refractivity contribution in [2.45, 2.75) is 45.2 Å². The highest BCUT2D eigenvalue weighted by Crippen LogP contribution is 2.34. The molecular weight excluding hydrogens is 414 g/mol. The third kappa shape index (κ3) is 4.75. The van der Waals surface area contributed by atoms with E-state index in [1.54, 1.807) is 17.3 Å². The molecule has 0 fully saturated rings. The van der Waals surface area contributed by atoms with Crippen molar-refractivity contribution in [3.05, 3.63) is 84.2 Å². The monoisotopic (exact) mass is 443 g/mol. The fourth-order valence-electron chi connectivity index (χ4n) is 4.55. The Morgan fingerprint density at radius 3 is 2.36 bits per heavy atom. The Labute approximate surface area is 194 Å². The Morgan fingerprint density at radius 1 is 1.03 bits per heavy atom. The van der Waals surface area contributed by atoms with E-state index in [2.05, 4.69) is 11.1 Å². The maximum atomic E-state index is 13.9. The Bertz CT molecular complexity index is 1140. The van der Waals surface area contributed by atoms with E-state index in [0.29, 0.717) is 13.0 Å². The highest BCUT2D eigenvalue weighted by atomic mass is 16.4. The third-order valence-electron chi connectivity index (χ3n) is 6.05. The van der Waals surface area contributed by atoms with Crippen LogP contribution in [0.15, 0.2) is 73.1 Å². The van der Waals surface area contributed by atoms with Gasteiger partial charge in [-0.05, 0) is 73.7 Å². The van der Waals surface area contributed by atoms with Gasteiger partial charge in [0.15, 0.2) is 0 Å². The standard InChI is InChI=1S/C27H29N3O3/c1-27(2,3)30(26(32)33)24(17-19-7-5-4-6-8-19)25(31)29-16-13-22-18-21(9-10-23(22)29)20-11-14-28-15-12-20/h4-12,14-15,18,24H,13,16-17H2,1-3H3,(H,32,33)/t24-/m1/s1. The van der Waals surface area contributed by atoms with Gasteiger partial charge in [0.05, 0.1) is 0 Å². The van der Waals surface area contributed by atoms with Crippen LogP contribution in [0, 0.1) is 0 Å². The van der Waals surface area contributed by atoms with Gasteiger partial charge in [-0.15, -0.1) is 0 Å². The zero-order valence-corrected chi connectivity index (χ0v) is 19.2. The van der Waals surface area contributed by atoms with Crippen molar-refractivity contribution in [1.29, 1.82) is 0 Å². The molecule has 0 unspecified atom stereocenters. The number of amides is 2. The molecule has 3 aromatic rings. The van der Waals surface area contributed by atoms with E-state index in [0.717, 1.165) is 34.4 Å². The van der Waals surface area contributed by atoms with Crippen LogP contribution in [-0.4, -0.2) is 45.1 Å². The molecule has 1 atom stereocenters. The number of hydrogen-bond donors (Lipinski definition) is 1. The largest absolute Gasteiger partial charge is 0.465 e. The van der Waals surface area contributed by atoms with Crippen molar-refractivity contribution >= 4 is 17.7 Å². The molecular formula is C27H29N3O3. The van der Waals surface area contributed by atoms with Gasteiger partial charge in [0.1, 0.15) is 6.04 Å². The molecule has 0 saturated carbocycles. The minimum Gasteiger partial charge on any atom is -0.465 e. The van der Waals surface area contributed by atoms with Gasteiger partial charge in [-0.3, -0.25) is 14.7 Å². The first-order chi connectivity index (χ1) is 15.8. The van der Waals surface area contributed by atoms with Crippen molar-refractivity contribution in [1.82, 2.24) is 9.88 Å². The van der Waals surface area contributed by atoms with Gasteiger partial charge in [0.2, 0.25) is 5.91 Å². The van der Waals surface area contributed by atoms with Gasteiger partial charge < -0.3 is 10.0 Å². The van der Waals surface area contributed by atoms with E-state index < -0.39 is 17.7 Å². The molecule has 1 aliphatic rings. The fraction of sp³-hybridized carbons (Fsp3) is 0.296. The summed E-state index contributed by atoms with van der Waals surface area (Å²) in [4.78, 5) is 33.3. The molecule has 6 heteroatoms. The van der Waals surface area contributed by atoms with E-state index in [1.807, 2.05) is 75.4 Å². The van der Waals surface area contributed by atoms with Crippen molar-refractivity contribution in [3.8, 4) is 11.1 Å². The number of anilines is 1. The Balaban J connectivity index is 1.68. The quantitative estimate of drug-likeness (QED) is 0.600. The van der Waals surface area contributed by atoms with Gasteiger partial charge in [-0.25, -0.2) is 4.79 Å². The van der Waals surface area contributed by atoms with Gasteiger partial charge in [-0.2, -0.15) is 0 Å². The van der Waals surface area contributed by atoms with Crippen LogP contribution < -0.4 is 4.90 Å². The van der Waals surface area contributed by atoms with Gasteiger partial charge in [-0.1, -0.05) is 36.4 Å². The summed E-state index contributed by atoms with van der Waals surface area (Å²) in [6.45, 7) is 6.01. The number of carbonyl (C=O) groups is 2. The summed E-state index contributed by atoms with van der Waals surface area (Å²) in [5.41, 5.74) is 4.30. The van der Waals surface area contributed by atoms with Gasteiger partial charge in [0.25, 0.3) is 0 Å². The van der Waals surface area contributed by atoms with E-state index in [1.165, 1.54) is 4.90 Å². The van der Waals surface area contributed by atoms with E-state index in [4.69, 9.17) is 0 Å². The van der Waals surface area contributed by atoms with Crippen LogP contribution in [0.25, 0.3) is 11.1 Å². The average Bonchev–Trinajstić information content (AvgIpc) is 3.21. The summed E-state index contributed by atoms with van der Waals surface area (Å²) >= 11 is 0. The molecule has 33 heavy (non-hydrogen) atoms. The molecule has 2 heterocycles.